The zero-order chi connectivity index (χ0) is 32.9. The lowest BCUT2D eigenvalue weighted by Crippen LogP contribution is -2.65. The third-order valence-electron chi connectivity index (χ3n) is 13.2. The molecule has 4 saturated carbocycles. The maximum Gasteiger partial charge on any atom is 0.331 e. The van der Waals surface area contributed by atoms with Gasteiger partial charge in [0.05, 0.1) is 12.2 Å². The zero-order valence-electron chi connectivity index (χ0n) is 28.3. The molecule has 0 amide bonds. The van der Waals surface area contributed by atoms with E-state index >= 15 is 0 Å². The van der Waals surface area contributed by atoms with Crippen molar-refractivity contribution in [1.82, 2.24) is 0 Å². The van der Waals surface area contributed by atoms with Gasteiger partial charge in [-0.3, -0.25) is 4.79 Å². The molecule has 1 aromatic rings. The number of fused-ring (bicyclic) bond motifs is 5. The van der Waals surface area contributed by atoms with Crippen LogP contribution in [0.4, 0.5) is 0 Å². The van der Waals surface area contributed by atoms with Gasteiger partial charge in [0.25, 0.3) is 0 Å². The fourth-order valence-electron chi connectivity index (χ4n) is 10.8. The molecule has 6 heteroatoms. The number of hydrogen-bond acceptors (Lipinski definition) is 5. The lowest BCUT2D eigenvalue weighted by molar-refractivity contribution is -0.234. The van der Waals surface area contributed by atoms with Gasteiger partial charge in [0.15, 0.2) is 0 Å². The second-order valence-corrected chi connectivity index (χ2v) is 15.6. The smallest absolute Gasteiger partial charge is 0.331 e. The number of carbonyl (C=O) groups excluding carboxylic acids is 1. The topological polar surface area (TPSA) is 104 Å². The Labute approximate surface area is 269 Å². The molecule has 5 rings (SSSR count). The van der Waals surface area contributed by atoms with E-state index < -0.39 is 24.1 Å². The molecule has 3 N–H and O–H groups in total. The fourth-order valence-corrected chi connectivity index (χ4v) is 10.8. The Balaban J connectivity index is 1.54. The summed E-state index contributed by atoms with van der Waals surface area (Å²) in [5.74, 6) is -1.06. The van der Waals surface area contributed by atoms with Gasteiger partial charge in [-0.15, -0.1) is 0 Å². The van der Waals surface area contributed by atoms with Gasteiger partial charge in [0.1, 0.15) is 6.10 Å². The summed E-state index contributed by atoms with van der Waals surface area (Å²) in [4.78, 5) is 25.6. The van der Waals surface area contributed by atoms with Crippen molar-refractivity contribution < 1.29 is 29.6 Å². The average Bonchev–Trinajstić information content (AvgIpc) is 3.24. The minimum Gasteiger partial charge on any atom is -0.478 e. The van der Waals surface area contributed by atoms with E-state index in [9.17, 15) is 24.9 Å². The molecule has 0 spiro atoms. The quantitative estimate of drug-likeness (QED) is 0.164. The second-order valence-electron chi connectivity index (χ2n) is 15.6. The fraction of sp³-hybridized carbons (Fsp3) is 0.641. The van der Waals surface area contributed by atoms with E-state index in [4.69, 9.17) is 4.74 Å². The van der Waals surface area contributed by atoms with Crippen LogP contribution in [0.5, 0.6) is 0 Å². The zero-order valence-corrected chi connectivity index (χ0v) is 28.3. The predicted octanol–water partition coefficient (Wildman–Crippen LogP) is 7.75. The number of esters is 1. The Morgan fingerprint density at radius 1 is 0.956 bits per heavy atom. The summed E-state index contributed by atoms with van der Waals surface area (Å²) in [6, 6.07) is 10.1. The first-order valence-electron chi connectivity index (χ1n) is 17.0. The summed E-state index contributed by atoms with van der Waals surface area (Å²) in [6.07, 6.45) is 7.97. The number of carboxylic acid groups (broad SMARTS) is 1. The van der Waals surface area contributed by atoms with Crippen LogP contribution in [0.15, 0.2) is 58.7 Å². The van der Waals surface area contributed by atoms with Crippen molar-refractivity contribution in [1.29, 1.82) is 0 Å². The molecule has 4 aliphatic rings. The Bertz CT molecular complexity index is 1390. The molecule has 0 bridgehead atoms. The summed E-state index contributed by atoms with van der Waals surface area (Å²) in [6.45, 7) is 14.6. The minimum atomic E-state index is -0.973. The van der Waals surface area contributed by atoms with Crippen molar-refractivity contribution >= 4 is 18.0 Å². The average molecular weight is 619 g/mol. The maximum atomic E-state index is 13.1. The molecule has 1 aromatic carbocycles. The molecule has 6 nitrogen and oxygen atoms in total. The van der Waals surface area contributed by atoms with Gasteiger partial charge < -0.3 is 20.1 Å². The Morgan fingerprint density at radius 3 is 2.27 bits per heavy atom. The highest BCUT2D eigenvalue weighted by atomic mass is 16.5. The number of aliphatic carboxylic acids is 1. The molecule has 0 aliphatic heterocycles. The van der Waals surface area contributed by atoms with Crippen LogP contribution in [0.25, 0.3) is 6.08 Å². The number of hydrogen-bond donors (Lipinski definition) is 3. The summed E-state index contributed by atoms with van der Waals surface area (Å²) < 4.78 is 5.99. The van der Waals surface area contributed by atoms with Crippen molar-refractivity contribution in [3.8, 4) is 0 Å². The van der Waals surface area contributed by atoms with E-state index in [0.29, 0.717) is 42.7 Å². The first kappa shape index (κ1) is 33.7. The van der Waals surface area contributed by atoms with E-state index in [1.807, 2.05) is 44.2 Å². The third-order valence-corrected chi connectivity index (χ3v) is 13.2. The molecular weight excluding hydrogens is 564 g/mol. The molecule has 246 valence electrons. The van der Waals surface area contributed by atoms with E-state index in [0.717, 1.165) is 42.4 Å². The highest BCUT2D eigenvalue weighted by Gasteiger charge is 2.70. The predicted molar refractivity (Wildman–Crippen MR) is 177 cm³/mol. The molecule has 0 heterocycles. The van der Waals surface area contributed by atoms with Crippen LogP contribution in [0.2, 0.25) is 0 Å². The molecule has 0 radical (unpaired) electrons. The summed E-state index contributed by atoms with van der Waals surface area (Å²) in [5.41, 5.74) is 3.57. The number of carboxylic acids is 1. The largest absolute Gasteiger partial charge is 0.478 e. The number of aliphatic hydroxyl groups excluding tert-OH is 2. The Hall–Kier alpha value is -2.70. The number of aliphatic hydroxyl groups is 2. The summed E-state index contributed by atoms with van der Waals surface area (Å²) in [5, 5.41) is 33.6. The first-order chi connectivity index (χ1) is 21.1. The summed E-state index contributed by atoms with van der Waals surface area (Å²) in [7, 11) is 0. The van der Waals surface area contributed by atoms with Gasteiger partial charge in [-0.2, -0.15) is 0 Å². The molecule has 45 heavy (non-hydrogen) atoms. The van der Waals surface area contributed by atoms with Crippen LogP contribution in [0, 0.1) is 39.9 Å². The number of benzene rings is 1. The van der Waals surface area contributed by atoms with Gasteiger partial charge in [-0.1, -0.05) is 75.8 Å². The highest BCUT2D eigenvalue weighted by Crippen LogP contribution is 2.74. The standard InChI is InChI=1S/C39H54O6/c1-23(2)27(14-13-26-11-9-8-10-12-26)15-16-28(36(43)44)34-30-21-32(42)35-37(5)19-18-31(41)24(3)29(37)17-20-38(35,6)39(30,7)22-33(34)45-25(4)40/h8-14,24,29-33,35,41-42H,15-22H2,1-7H3,(H,43,44)/b14-13+,34-28-/t24-,29?,30?,31+,32+,33-,35-,37-,38-,39-/m0/s1. The highest BCUT2D eigenvalue weighted by molar-refractivity contribution is 5.88. The van der Waals surface area contributed by atoms with Crippen molar-refractivity contribution in [3.63, 3.8) is 0 Å². The van der Waals surface area contributed by atoms with Crippen molar-refractivity contribution in [3.05, 3.63) is 64.3 Å². The third kappa shape index (κ3) is 5.75. The first-order valence-corrected chi connectivity index (χ1v) is 17.0. The van der Waals surface area contributed by atoms with Crippen LogP contribution >= 0.6 is 0 Å². The van der Waals surface area contributed by atoms with Crippen molar-refractivity contribution in [2.24, 2.45) is 39.9 Å². The van der Waals surface area contributed by atoms with Crippen LogP contribution in [-0.2, 0) is 14.3 Å². The monoisotopic (exact) mass is 618 g/mol. The van der Waals surface area contributed by atoms with Crippen LogP contribution in [0.1, 0.15) is 105 Å². The van der Waals surface area contributed by atoms with Gasteiger partial charge >= 0.3 is 11.9 Å². The Morgan fingerprint density at radius 2 is 1.64 bits per heavy atom. The van der Waals surface area contributed by atoms with E-state index in [1.54, 1.807) is 0 Å². The molecule has 4 fully saturated rings. The molecule has 2 unspecified atom stereocenters. The van der Waals surface area contributed by atoms with Crippen LogP contribution in [-0.4, -0.2) is 45.6 Å². The minimum absolute atomic E-state index is 0.0194. The Kier molecular flexibility index (Phi) is 9.34. The van der Waals surface area contributed by atoms with Crippen LogP contribution in [0.3, 0.4) is 0 Å². The normalized spacial score (nSPS) is 40.2. The van der Waals surface area contributed by atoms with E-state index in [1.165, 1.54) is 6.92 Å². The van der Waals surface area contributed by atoms with Gasteiger partial charge in [0, 0.05) is 12.5 Å². The van der Waals surface area contributed by atoms with Gasteiger partial charge in [-0.05, 0) is 122 Å². The van der Waals surface area contributed by atoms with Crippen LogP contribution < -0.4 is 0 Å². The molecule has 10 atom stereocenters. The summed E-state index contributed by atoms with van der Waals surface area (Å²) >= 11 is 0. The van der Waals surface area contributed by atoms with Gasteiger partial charge in [0.2, 0.25) is 0 Å². The van der Waals surface area contributed by atoms with Crippen molar-refractivity contribution in [2.75, 3.05) is 0 Å². The lowest BCUT2D eigenvalue weighted by Gasteiger charge is -2.69. The molecule has 4 aliphatic carbocycles. The maximum absolute atomic E-state index is 13.1. The number of rotatable bonds is 7. The molecule has 0 saturated heterocycles. The molecule has 0 aromatic heterocycles. The van der Waals surface area contributed by atoms with Crippen molar-refractivity contribution in [2.45, 2.75) is 118 Å². The SMILES string of the molecule is CC(=O)O[C@H]1C[C@@]2(C)C(C[C@@H](O)[C@H]3[C@@]4(C)CC[C@@H](O)[C@@H](C)C4CC[C@@]32C)/C1=C(\CCC(/C=C/c1ccccc1)=C(C)C)C(=O)O. The number of ether oxygens (including phenoxy) is 1. The second kappa shape index (κ2) is 12.5. The van der Waals surface area contributed by atoms with E-state index in [-0.39, 0.29) is 40.1 Å². The number of allylic oxidation sites excluding steroid dienone is 3. The lowest BCUT2D eigenvalue weighted by atomic mass is 9.36. The molecular formula is C39H54O6. The van der Waals surface area contributed by atoms with Gasteiger partial charge in [-0.25, -0.2) is 4.79 Å². The van der Waals surface area contributed by atoms with E-state index in [2.05, 4.69) is 39.8 Å². The number of carbonyl (C=O) groups is 2.